The predicted octanol–water partition coefficient (Wildman–Crippen LogP) is 6.49. The molecule has 1 aliphatic heterocycles. The highest BCUT2D eigenvalue weighted by molar-refractivity contribution is 7.89. The van der Waals surface area contributed by atoms with Gasteiger partial charge in [0.15, 0.2) is 10.7 Å². The normalized spacial score (nSPS) is 20.2. The standard InChI is InChI=1S/C30H26F4N4O2S/c1-19-9-11-36-27(13-19)28(39)29-16-20(17-35)26(37-24-7-5-23(31)6-8-24)15-21(29)10-12-38(18-29)41(40)25-4-2-3-22(14-25)30(32,33)34/h2-9,11,13-15,17,35,37H,10,12,16,18H2,1H3. The van der Waals surface area contributed by atoms with Gasteiger partial charge < -0.3 is 15.3 Å². The molecule has 2 N–H and O–H groups in total. The van der Waals surface area contributed by atoms with Crippen molar-refractivity contribution >= 4 is 29.0 Å². The van der Waals surface area contributed by atoms with Gasteiger partial charge in [-0.3, -0.25) is 9.78 Å². The Balaban J connectivity index is 1.54. The fraction of sp³-hybridized carbons (Fsp3) is 0.233. The number of piperidine rings is 1. The number of fused-ring (bicyclic) bond motifs is 1. The average Bonchev–Trinajstić information content (AvgIpc) is 2.96. The summed E-state index contributed by atoms with van der Waals surface area (Å²) in [6.07, 6.45) is 0.263. The summed E-state index contributed by atoms with van der Waals surface area (Å²) in [5.74, 6) is -0.714. The van der Waals surface area contributed by atoms with E-state index in [4.69, 9.17) is 5.41 Å². The van der Waals surface area contributed by atoms with Gasteiger partial charge in [0.1, 0.15) is 11.5 Å². The number of Topliss-reactive ketones (excluding diaryl/α,β-unsaturated/α-hetero) is 1. The van der Waals surface area contributed by atoms with E-state index in [1.165, 1.54) is 34.8 Å². The van der Waals surface area contributed by atoms with Gasteiger partial charge in [0.2, 0.25) is 0 Å². The van der Waals surface area contributed by atoms with Crippen molar-refractivity contribution in [1.29, 1.82) is 5.41 Å². The summed E-state index contributed by atoms with van der Waals surface area (Å²) in [7, 11) is 0. The third kappa shape index (κ3) is 5.83. The van der Waals surface area contributed by atoms with Gasteiger partial charge in [-0.15, -0.1) is 4.31 Å². The Labute approximate surface area is 237 Å². The van der Waals surface area contributed by atoms with Crippen molar-refractivity contribution in [3.8, 4) is 0 Å². The van der Waals surface area contributed by atoms with Crippen LogP contribution in [0.15, 0.2) is 94.7 Å². The van der Waals surface area contributed by atoms with Crippen LogP contribution in [-0.2, 0) is 17.5 Å². The number of hydrogen-bond acceptors (Lipinski definition) is 6. The molecule has 1 aliphatic carbocycles. The molecule has 2 aliphatic rings. The number of halogens is 4. The minimum absolute atomic E-state index is 0.0131. The molecule has 1 fully saturated rings. The Kier molecular flexibility index (Phi) is 7.87. The predicted molar refractivity (Wildman–Crippen MR) is 148 cm³/mol. The van der Waals surface area contributed by atoms with Gasteiger partial charge >= 0.3 is 6.18 Å². The van der Waals surface area contributed by atoms with E-state index in [0.717, 1.165) is 29.5 Å². The second kappa shape index (κ2) is 11.2. The minimum Gasteiger partial charge on any atom is -0.593 e. The zero-order valence-electron chi connectivity index (χ0n) is 22.0. The van der Waals surface area contributed by atoms with E-state index in [1.807, 2.05) is 6.92 Å². The Morgan fingerprint density at radius 1 is 1.17 bits per heavy atom. The molecule has 1 saturated heterocycles. The number of carbonyl (C=O) groups is 1. The molecule has 2 aromatic carbocycles. The number of allylic oxidation sites excluding steroid dienone is 2. The number of benzene rings is 2. The van der Waals surface area contributed by atoms with Crippen LogP contribution in [0.5, 0.6) is 0 Å². The Morgan fingerprint density at radius 3 is 2.61 bits per heavy atom. The highest BCUT2D eigenvalue weighted by Gasteiger charge is 2.51. The highest BCUT2D eigenvalue weighted by Crippen LogP contribution is 2.48. The van der Waals surface area contributed by atoms with Crippen LogP contribution in [0.3, 0.4) is 0 Å². The molecule has 2 atom stereocenters. The Hall–Kier alpha value is -3.80. The average molecular weight is 583 g/mol. The lowest BCUT2D eigenvalue weighted by molar-refractivity contribution is -0.137. The number of rotatable bonds is 7. The summed E-state index contributed by atoms with van der Waals surface area (Å²) in [5.41, 5.74) is 1.28. The number of anilines is 1. The number of nitrogens with one attached hydrogen (secondary N) is 2. The molecule has 11 heteroatoms. The third-order valence-electron chi connectivity index (χ3n) is 7.33. The molecule has 0 amide bonds. The summed E-state index contributed by atoms with van der Waals surface area (Å²) in [6, 6.07) is 13.5. The number of alkyl halides is 3. The quantitative estimate of drug-likeness (QED) is 0.144. The lowest BCUT2D eigenvalue weighted by Gasteiger charge is -2.45. The molecule has 6 nitrogen and oxygen atoms in total. The van der Waals surface area contributed by atoms with Crippen LogP contribution in [0.4, 0.5) is 23.2 Å². The van der Waals surface area contributed by atoms with Crippen molar-refractivity contribution < 1.29 is 26.9 Å². The molecule has 41 heavy (non-hydrogen) atoms. The lowest BCUT2D eigenvalue weighted by atomic mass is 9.65. The third-order valence-corrected chi connectivity index (χ3v) is 8.76. The van der Waals surface area contributed by atoms with Crippen LogP contribution in [0.25, 0.3) is 0 Å². The molecule has 3 aromatic rings. The smallest absolute Gasteiger partial charge is 0.416 e. The molecule has 212 valence electrons. The lowest BCUT2D eigenvalue weighted by Crippen LogP contribution is -2.52. The first-order chi connectivity index (χ1) is 19.5. The van der Waals surface area contributed by atoms with Gasteiger partial charge in [-0.05, 0) is 85.5 Å². The van der Waals surface area contributed by atoms with Gasteiger partial charge in [-0.2, -0.15) is 13.2 Å². The molecule has 0 spiro atoms. The summed E-state index contributed by atoms with van der Waals surface area (Å²) >= 11 is -1.98. The van der Waals surface area contributed by atoms with Crippen molar-refractivity contribution in [3.63, 3.8) is 0 Å². The first-order valence-electron chi connectivity index (χ1n) is 12.8. The molecule has 0 saturated carbocycles. The first-order valence-corrected chi connectivity index (χ1v) is 13.9. The number of carbonyl (C=O) groups excluding carboxylic acids is 1. The van der Waals surface area contributed by atoms with Crippen LogP contribution in [-0.4, -0.2) is 38.9 Å². The molecule has 2 heterocycles. The summed E-state index contributed by atoms with van der Waals surface area (Å²) in [5, 5.41) is 11.3. The van der Waals surface area contributed by atoms with E-state index in [2.05, 4.69) is 10.3 Å². The van der Waals surface area contributed by atoms with E-state index in [0.29, 0.717) is 23.4 Å². The molecular formula is C30H26F4N4O2S. The minimum atomic E-state index is -4.59. The molecular weight excluding hydrogens is 556 g/mol. The molecule has 5 rings (SSSR count). The Morgan fingerprint density at radius 2 is 1.93 bits per heavy atom. The zero-order chi connectivity index (χ0) is 29.4. The fourth-order valence-electron chi connectivity index (χ4n) is 5.24. The topological polar surface area (TPSA) is 92.1 Å². The number of ketones is 1. The van der Waals surface area contributed by atoms with E-state index in [1.54, 1.807) is 30.3 Å². The number of aromatic nitrogens is 1. The van der Waals surface area contributed by atoms with Crippen LogP contribution in [0.2, 0.25) is 0 Å². The maximum absolute atomic E-state index is 14.2. The van der Waals surface area contributed by atoms with Crippen LogP contribution in [0.1, 0.15) is 34.5 Å². The van der Waals surface area contributed by atoms with Gasteiger partial charge in [-0.1, -0.05) is 11.6 Å². The SMILES string of the molecule is Cc1ccnc(C(=O)C23CC(C=N)=C(Nc4ccc(F)cc4)C=C2CCN([S+]([O-])c2cccc(C(F)(F)F)c2)C3)c1. The maximum Gasteiger partial charge on any atom is 0.416 e. The monoisotopic (exact) mass is 582 g/mol. The van der Waals surface area contributed by atoms with Gasteiger partial charge in [0.05, 0.1) is 28.9 Å². The molecule has 0 radical (unpaired) electrons. The van der Waals surface area contributed by atoms with E-state index < -0.39 is 34.3 Å². The molecule has 1 aromatic heterocycles. The number of pyridine rings is 1. The largest absolute Gasteiger partial charge is 0.593 e. The highest BCUT2D eigenvalue weighted by atomic mass is 32.2. The van der Waals surface area contributed by atoms with Crippen molar-refractivity contribution in [1.82, 2.24) is 9.29 Å². The van der Waals surface area contributed by atoms with E-state index in [9.17, 15) is 26.9 Å². The number of hydrogen-bond donors (Lipinski definition) is 2. The van der Waals surface area contributed by atoms with Crippen LogP contribution < -0.4 is 5.32 Å². The van der Waals surface area contributed by atoms with Crippen LogP contribution >= 0.6 is 0 Å². The zero-order valence-corrected chi connectivity index (χ0v) is 22.8. The second-order valence-electron chi connectivity index (χ2n) is 10.1. The van der Waals surface area contributed by atoms with E-state index >= 15 is 0 Å². The number of aryl methyl sites for hydroxylation is 1. The van der Waals surface area contributed by atoms with Crippen molar-refractivity contribution in [3.05, 3.63) is 112 Å². The summed E-state index contributed by atoms with van der Waals surface area (Å²) < 4.78 is 68.6. The Bertz CT molecular complexity index is 1550. The van der Waals surface area contributed by atoms with Gasteiger partial charge in [-0.25, -0.2) is 4.39 Å². The van der Waals surface area contributed by atoms with Crippen molar-refractivity contribution in [2.24, 2.45) is 5.41 Å². The van der Waals surface area contributed by atoms with Crippen molar-refractivity contribution in [2.45, 2.75) is 30.8 Å². The number of nitrogens with zero attached hydrogens (tertiary/aromatic N) is 2. The van der Waals surface area contributed by atoms with Crippen LogP contribution in [0, 0.1) is 23.6 Å². The molecule has 2 unspecified atom stereocenters. The van der Waals surface area contributed by atoms with Gasteiger partial charge in [0.25, 0.3) is 0 Å². The van der Waals surface area contributed by atoms with Crippen molar-refractivity contribution in [2.75, 3.05) is 18.4 Å². The first kappa shape index (κ1) is 28.7. The summed E-state index contributed by atoms with van der Waals surface area (Å²) in [6.45, 7) is 2.02. The maximum atomic E-state index is 14.2. The summed E-state index contributed by atoms with van der Waals surface area (Å²) in [4.78, 5) is 18.5. The fourth-order valence-corrected chi connectivity index (χ4v) is 6.56. The van der Waals surface area contributed by atoms with E-state index in [-0.39, 0.29) is 35.9 Å². The molecule has 0 bridgehead atoms. The second-order valence-corrected chi connectivity index (χ2v) is 11.6. The van der Waals surface area contributed by atoms with Gasteiger partial charge in [0, 0.05) is 36.4 Å².